The van der Waals surface area contributed by atoms with Gasteiger partial charge in [-0.25, -0.2) is 4.99 Å². The van der Waals surface area contributed by atoms with E-state index in [1.54, 1.807) is 6.08 Å². The number of rotatable bonds is 1. The molecule has 0 aromatic heterocycles. The van der Waals surface area contributed by atoms with Crippen molar-refractivity contribution in [2.45, 2.75) is 12.2 Å². The molecule has 0 amide bonds. The summed E-state index contributed by atoms with van der Waals surface area (Å²) in [6, 6.07) is 0. The van der Waals surface area contributed by atoms with Crippen LogP contribution in [0.15, 0.2) is 17.3 Å². The third kappa shape index (κ3) is 2.06. The molecule has 0 aliphatic carbocycles. The molecule has 0 saturated heterocycles. The molecule has 1 rings (SSSR count). The van der Waals surface area contributed by atoms with Crippen LogP contribution in [0.3, 0.4) is 0 Å². The molecule has 0 bridgehead atoms. The molecule has 0 aromatic rings. The van der Waals surface area contributed by atoms with Crippen molar-refractivity contribution in [3.63, 3.8) is 0 Å². The van der Waals surface area contributed by atoms with Crippen LogP contribution in [0.5, 0.6) is 0 Å². The molecule has 0 radical (unpaired) electrons. The van der Waals surface area contributed by atoms with Crippen molar-refractivity contribution in [1.82, 2.24) is 0 Å². The van der Waals surface area contributed by atoms with Gasteiger partial charge in [0.15, 0.2) is 5.90 Å². The number of hydrogen-bond donors (Lipinski definition) is 2. The summed E-state index contributed by atoms with van der Waals surface area (Å²) in [6.45, 7) is 0. The first kappa shape index (κ1) is 8.29. The van der Waals surface area contributed by atoms with E-state index in [4.69, 9.17) is 14.8 Å². The summed E-state index contributed by atoms with van der Waals surface area (Å²) in [5.74, 6) is 0.244. The molecule has 0 spiro atoms. The highest BCUT2D eigenvalue weighted by Crippen LogP contribution is 2.19. The zero-order valence-electron chi connectivity index (χ0n) is 6.27. The highest BCUT2D eigenvalue weighted by Gasteiger charge is 2.24. The number of nitrogens with zero attached hydrogens (tertiary/aromatic N) is 1. The highest BCUT2D eigenvalue weighted by molar-refractivity contribution is 6.44. The van der Waals surface area contributed by atoms with E-state index in [0.717, 1.165) is 0 Å². The smallest absolute Gasteiger partial charge is 0.459 e. The van der Waals surface area contributed by atoms with Gasteiger partial charge in [0.05, 0.1) is 7.11 Å². The Kier molecular flexibility index (Phi) is 2.67. The fourth-order valence-electron chi connectivity index (χ4n) is 0.900. The maximum Gasteiger partial charge on any atom is 0.459 e. The fourth-order valence-corrected chi connectivity index (χ4v) is 0.900. The van der Waals surface area contributed by atoms with Crippen LogP contribution in [0.2, 0.25) is 5.82 Å². The SMILES string of the molecule is COC1=NC=CC(B(O)O)C1. The van der Waals surface area contributed by atoms with Crippen LogP contribution < -0.4 is 0 Å². The molecule has 1 heterocycles. The van der Waals surface area contributed by atoms with Gasteiger partial charge in [-0.15, -0.1) is 0 Å². The summed E-state index contributed by atoms with van der Waals surface area (Å²) < 4.78 is 4.85. The van der Waals surface area contributed by atoms with E-state index in [1.165, 1.54) is 13.3 Å². The average Bonchev–Trinajstić information content (AvgIpc) is 2.05. The monoisotopic (exact) mass is 155 g/mol. The summed E-state index contributed by atoms with van der Waals surface area (Å²) in [6.07, 6.45) is 3.62. The summed E-state index contributed by atoms with van der Waals surface area (Å²) in [5.41, 5.74) is 0. The largest absolute Gasteiger partial charge is 0.484 e. The van der Waals surface area contributed by atoms with Gasteiger partial charge in [0.2, 0.25) is 0 Å². The minimum atomic E-state index is -1.33. The summed E-state index contributed by atoms with van der Waals surface area (Å²) in [4.78, 5) is 3.87. The summed E-state index contributed by atoms with van der Waals surface area (Å²) in [7, 11) is 0.186. The predicted octanol–water partition coefficient (Wildman–Crippen LogP) is -0.208. The Morgan fingerprint density at radius 1 is 1.73 bits per heavy atom. The topological polar surface area (TPSA) is 62.0 Å². The third-order valence-electron chi connectivity index (χ3n) is 1.58. The lowest BCUT2D eigenvalue weighted by Crippen LogP contribution is -2.23. The van der Waals surface area contributed by atoms with E-state index < -0.39 is 7.12 Å². The number of allylic oxidation sites excluding steroid dienone is 1. The van der Waals surface area contributed by atoms with Crippen LogP contribution in [0, 0.1) is 0 Å². The number of ether oxygens (including phenoxy) is 1. The van der Waals surface area contributed by atoms with Crippen LogP contribution in [0.1, 0.15) is 6.42 Å². The molecule has 1 aliphatic heterocycles. The minimum Gasteiger partial charge on any atom is -0.484 e. The molecule has 4 nitrogen and oxygen atoms in total. The van der Waals surface area contributed by atoms with Crippen molar-refractivity contribution in [2.24, 2.45) is 4.99 Å². The molecule has 2 N–H and O–H groups in total. The van der Waals surface area contributed by atoms with Gasteiger partial charge in [0.25, 0.3) is 0 Å². The highest BCUT2D eigenvalue weighted by atomic mass is 16.5. The van der Waals surface area contributed by atoms with E-state index in [9.17, 15) is 0 Å². The van der Waals surface area contributed by atoms with Gasteiger partial charge in [-0.2, -0.15) is 0 Å². The minimum absolute atomic E-state index is 0.289. The molecule has 0 aromatic carbocycles. The molecule has 0 fully saturated rings. The van der Waals surface area contributed by atoms with Crippen LogP contribution in [0.4, 0.5) is 0 Å². The Morgan fingerprint density at radius 3 is 3.00 bits per heavy atom. The van der Waals surface area contributed by atoms with Crippen LogP contribution >= 0.6 is 0 Å². The molecule has 60 valence electrons. The first-order chi connectivity index (χ1) is 5.24. The van der Waals surface area contributed by atoms with E-state index in [2.05, 4.69) is 4.99 Å². The zero-order valence-corrected chi connectivity index (χ0v) is 6.27. The number of methoxy groups -OCH3 is 1. The van der Waals surface area contributed by atoms with Gasteiger partial charge < -0.3 is 14.8 Å². The Morgan fingerprint density at radius 2 is 2.45 bits per heavy atom. The quantitative estimate of drug-likeness (QED) is 0.515. The lowest BCUT2D eigenvalue weighted by Gasteiger charge is -2.14. The second-order valence-electron chi connectivity index (χ2n) is 2.35. The molecule has 5 heteroatoms. The molecule has 1 unspecified atom stereocenters. The Hall–Kier alpha value is -0.805. The molecular formula is C6H10BNO3. The van der Waals surface area contributed by atoms with E-state index in [-0.39, 0.29) is 5.82 Å². The maximum absolute atomic E-state index is 8.78. The van der Waals surface area contributed by atoms with Crippen LogP contribution in [-0.2, 0) is 4.74 Å². The average molecular weight is 155 g/mol. The van der Waals surface area contributed by atoms with Gasteiger partial charge >= 0.3 is 7.12 Å². The number of aliphatic imine (C=N–C) groups is 1. The summed E-state index contributed by atoms with van der Waals surface area (Å²) >= 11 is 0. The second kappa shape index (κ2) is 3.55. The fraction of sp³-hybridized carbons (Fsp3) is 0.500. The molecule has 11 heavy (non-hydrogen) atoms. The van der Waals surface area contributed by atoms with Crippen molar-refractivity contribution in [3.05, 3.63) is 12.3 Å². The van der Waals surface area contributed by atoms with Gasteiger partial charge in [-0.1, -0.05) is 6.08 Å². The first-order valence-electron chi connectivity index (χ1n) is 3.37. The van der Waals surface area contributed by atoms with Gasteiger partial charge in [-0.05, 0) is 0 Å². The zero-order chi connectivity index (χ0) is 8.27. The van der Waals surface area contributed by atoms with Gasteiger partial charge in [0.1, 0.15) is 0 Å². The lowest BCUT2D eigenvalue weighted by molar-refractivity contribution is 0.370. The standard InChI is InChI=1S/C6H10BNO3/c1-11-6-4-5(7(9)10)2-3-8-6/h2-3,5,9-10H,4H2,1H3. The van der Waals surface area contributed by atoms with E-state index >= 15 is 0 Å². The molecule has 1 aliphatic rings. The summed E-state index contributed by atoms with van der Waals surface area (Å²) in [5, 5.41) is 17.6. The molecule has 0 saturated carbocycles. The Balaban J connectivity index is 2.55. The van der Waals surface area contributed by atoms with Gasteiger partial charge in [-0.3, -0.25) is 0 Å². The van der Waals surface area contributed by atoms with Crippen LogP contribution in [0.25, 0.3) is 0 Å². The molecular weight excluding hydrogens is 145 g/mol. The number of hydrogen-bond acceptors (Lipinski definition) is 4. The predicted molar refractivity (Wildman–Crippen MR) is 42.1 cm³/mol. The van der Waals surface area contributed by atoms with Crippen molar-refractivity contribution in [2.75, 3.05) is 7.11 Å². The third-order valence-corrected chi connectivity index (χ3v) is 1.58. The Bertz CT molecular complexity index is 190. The van der Waals surface area contributed by atoms with Crippen molar-refractivity contribution >= 4 is 13.0 Å². The lowest BCUT2D eigenvalue weighted by atomic mass is 9.70. The van der Waals surface area contributed by atoms with Gasteiger partial charge in [0, 0.05) is 18.4 Å². The molecule has 1 atom stereocenters. The Labute approximate surface area is 65.4 Å². The van der Waals surface area contributed by atoms with Crippen molar-refractivity contribution in [3.8, 4) is 0 Å². The van der Waals surface area contributed by atoms with Crippen molar-refractivity contribution < 1.29 is 14.8 Å². The van der Waals surface area contributed by atoms with Crippen molar-refractivity contribution in [1.29, 1.82) is 0 Å². The second-order valence-corrected chi connectivity index (χ2v) is 2.35. The van der Waals surface area contributed by atoms with Crippen LogP contribution in [-0.4, -0.2) is 30.2 Å². The first-order valence-corrected chi connectivity index (χ1v) is 3.37. The van der Waals surface area contributed by atoms with E-state index in [0.29, 0.717) is 12.3 Å². The van der Waals surface area contributed by atoms with E-state index in [1.807, 2.05) is 0 Å². The maximum atomic E-state index is 8.78. The normalized spacial score (nSPS) is 22.8.